The minimum absolute atomic E-state index is 0.187. The van der Waals surface area contributed by atoms with Gasteiger partial charge >= 0.3 is 12.0 Å². The third kappa shape index (κ3) is 4.18. The zero-order valence-electron chi connectivity index (χ0n) is 17.1. The van der Waals surface area contributed by atoms with E-state index in [9.17, 15) is 9.90 Å². The van der Waals surface area contributed by atoms with Crippen molar-refractivity contribution >= 4 is 17.6 Å². The van der Waals surface area contributed by atoms with Crippen LogP contribution in [-0.2, 0) is 4.79 Å². The maximum atomic E-state index is 11.8. The van der Waals surface area contributed by atoms with Crippen LogP contribution in [0.25, 0.3) is 28.2 Å². The summed E-state index contributed by atoms with van der Waals surface area (Å²) in [5, 5.41) is 10.2. The molecule has 5 nitrogen and oxygen atoms in total. The molecule has 6 heteroatoms. The minimum atomic E-state index is -1.47. The van der Waals surface area contributed by atoms with Gasteiger partial charge in [-0.05, 0) is 38.1 Å². The minimum Gasteiger partial charge on any atom is -0.478 e. The Morgan fingerprint density at radius 3 is 2.00 bits per heavy atom. The molecule has 0 spiro atoms. The number of halogens is 1. The van der Waals surface area contributed by atoms with Gasteiger partial charge in [-0.1, -0.05) is 72.3 Å². The first-order chi connectivity index (χ1) is 14.9. The lowest BCUT2D eigenvalue weighted by atomic mass is 10.0. The number of aromatic nitrogens is 2. The van der Waals surface area contributed by atoms with E-state index in [1.807, 2.05) is 77.4 Å². The van der Waals surface area contributed by atoms with Gasteiger partial charge in [-0.3, -0.25) is 4.57 Å². The van der Waals surface area contributed by atoms with Gasteiger partial charge in [0.05, 0.1) is 11.4 Å². The first-order valence-corrected chi connectivity index (χ1v) is 10.2. The SMILES string of the molecule is CC(C)(Oc1nc(-c2ccccc2)c(-c2ccccc2)n1-c1ccc(Cl)cc1)C(=O)O. The summed E-state index contributed by atoms with van der Waals surface area (Å²) in [5.74, 6) is -1.08. The Hall–Kier alpha value is -3.57. The Morgan fingerprint density at radius 1 is 0.903 bits per heavy atom. The highest BCUT2D eigenvalue weighted by Gasteiger charge is 2.33. The summed E-state index contributed by atoms with van der Waals surface area (Å²) in [5.41, 5.74) is 2.59. The highest BCUT2D eigenvalue weighted by Crippen LogP contribution is 2.39. The second kappa shape index (κ2) is 8.28. The molecule has 0 bridgehead atoms. The van der Waals surface area contributed by atoms with Gasteiger partial charge in [0, 0.05) is 16.1 Å². The highest BCUT2D eigenvalue weighted by atomic mass is 35.5. The smallest absolute Gasteiger partial charge is 0.347 e. The predicted molar refractivity (Wildman–Crippen MR) is 122 cm³/mol. The normalized spacial score (nSPS) is 11.3. The third-order valence-electron chi connectivity index (χ3n) is 4.89. The van der Waals surface area contributed by atoms with E-state index in [1.165, 1.54) is 13.8 Å². The Bertz CT molecular complexity index is 1200. The van der Waals surface area contributed by atoms with Crippen LogP contribution in [0.2, 0.25) is 5.02 Å². The molecule has 0 aliphatic rings. The number of rotatable bonds is 6. The van der Waals surface area contributed by atoms with Crippen LogP contribution in [0.1, 0.15) is 13.8 Å². The topological polar surface area (TPSA) is 64.4 Å². The molecule has 0 saturated heterocycles. The molecule has 1 N–H and O–H groups in total. The van der Waals surface area contributed by atoms with E-state index in [4.69, 9.17) is 21.3 Å². The molecule has 1 heterocycles. The largest absolute Gasteiger partial charge is 0.478 e. The van der Waals surface area contributed by atoms with E-state index in [0.717, 1.165) is 22.5 Å². The van der Waals surface area contributed by atoms with Crippen molar-refractivity contribution in [2.45, 2.75) is 19.4 Å². The van der Waals surface area contributed by atoms with Gasteiger partial charge in [-0.25, -0.2) is 4.79 Å². The van der Waals surface area contributed by atoms with E-state index < -0.39 is 11.6 Å². The summed E-state index contributed by atoms with van der Waals surface area (Å²) in [4.78, 5) is 16.5. The Balaban J connectivity index is 2.04. The van der Waals surface area contributed by atoms with E-state index in [1.54, 1.807) is 12.1 Å². The van der Waals surface area contributed by atoms with Crippen molar-refractivity contribution in [1.82, 2.24) is 9.55 Å². The molecule has 0 aliphatic heterocycles. The maximum absolute atomic E-state index is 11.8. The van der Waals surface area contributed by atoms with Crippen molar-refractivity contribution in [1.29, 1.82) is 0 Å². The van der Waals surface area contributed by atoms with Crippen LogP contribution in [0.15, 0.2) is 84.9 Å². The number of hydrogen-bond donors (Lipinski definition) is 1. The van der Waals surface area contributed by atoms with Crippen LogP contribution >= 0.6 is 11.6 Å². The lowest BCUT2D eigenvalue weighted by Crippen LogP contribution is -2.38. The molecule has 1 aromatic heterocycles. The maximum Gasteiger partial charge on any atom is 0.347 e. The summed E-state index contributed by atoms with van der Waals surface area (Å²) < 4.78 is 7.79. The van der Waals surface area contributed by atoms with Gasteiger partial charge in [0.2, 0.25) is 5.60 Å². The van der Waals surface area contributed by atoms with Crippen LogP contribution < -0.4 is 4.74 Å². The van der Waals surface area contributed by atoms with Gasteiger partial charge < -0.3 is 9.84 Å². The number of carboxylic acids is 1. The average molecular weight is 433 g/mol. The molecule has 0 amide bonds. The average Bonchev–Trinajstić information content (AvgIpc) is 3.14. The fraction of sp³-hybridized carbons (Fsp3) is 0.120. The van der Waals surface area contributed by atoms with Crippen LogP contribution in [0.5, 0.6) is 6.01 Å². The number of benzene rings is 3. The molecule has 0 unspecified atom stereocenters. The Morgan fingerprint density at radius 2 is 1.45 bits per heavy atom. The van der Waals surface area contributed by atoms with Crippen molar-refractivity contribution in [2.75, 3.05) is 0 Å². The lowest BCUT2D eigenvalue weighted by Gasteiger charge is -2.22. The van der Waals surface area contributed by atoms with Crippen molar-refractivity contribution in [3.63, 3.8) is 0 Å². The number of carboxylic acid groups (broad SMARTS) is 1. The molecule has 0 aliphatic carbocycles. The van der Waals surface area contributed by atoms with E-state index in [-0.39, 0.29) is 6.01 Å². The van der Waals surface area contributed by atoms with Crippen molar-refractivity contribution in [3.05, 3.63) is 90.0 Å². The molecule has 0 saturated carbocycles. The van der Waals surface area contributed by atoms with Crippen molar-refractivity contribution < 1.29 is 14.6 Å². The van der Waals surface area contributed by atoms with Gasteiger partial charge in [0.25, 0.3) is 0 Å². The molecule has 3 aromatic carbocycles. The lowest BCUT2D eigenvalue weighted by molar-refractivity contribution is -0.152. The number of hydrogen-bond acceptors (Lipinski definition) is 3. The zero-order chi connectivity index (χ0) is 22.0. The molecule has 0 fully saturated rings. The van der Waals surface area contributed by atoms with Gasteiger partial charge in [-0.15, -0.1) is 0 Å². The molecular weight excluding hydrogens is 412 g/mol. The second-order valence-corrected chi connectivity index (χ2v) is 7.99. The third-order valence-corrected chi connectivity index (χ3v) is 5.14. The fourth-order valence-corrected chi connectivity index (χ4v) is 3.36. The molecule has 4 rings (SSSR count). The van der Waals surface area contributed by atoms with E-state index >= 15 is 0 Å². The second-order valence-electron chi connectivity index (χ2n) is 7.55. The molecule has 0 atom stereocenters. The number of ether oxygens (including phenoxy) is 1. The van der Waals surface area contributed by atoms with Crippen LogP contribution in [-0.4, -0.2) is 26.2 Å². The zero-order valence-corrected chi connectivity index (χ0v) is 17.9. The van der Waals surface area contributed by atoms with Gasteiger partial charge in [-0.2, -0.15) is 4.98 Å². The predicted octanol–water partition coefficient (Wildman–Crippen LogP) is 6.10. The molecule has 156 valence electrons. The monoisotopic (exact) mass is 432 g/mol. The van der Waals surface area contributed by atoms with E-state index in [0.29, 0.717) is 10.7 Å². The quantitative estimate of drug-likeness (QED) is 0.399. The number of carbonyl (C=O) groups is 1. The number of aliphatic carboxylic acids is 1. The Labute approximate surface area is 185 Å². The Kier molecular flexibility index (Phi) is 5.53. The molecular formula is C25H21ClN2O3. The first kappa shape index (κ1) is 20.7. The summed E-state index contributed by atoms with van der Waals surface area (Å²) in [6.07, 6.45) is 0. The van der Waals surface area contributed by atoms with Crippen LogP contribution in [0.3, 0.4) is 0 Å². The first-order valence-electron chi connectivity index (χ1n) is 9.79. The van der Waals surface area contributed by atoms with Crippen molar-refractivity contribution in [3.8, 4) is 34.2 Å². The van der Waals surface area contributed by atoms with Crippen LogP contribution in [0.4, 0.5) is 0 Å². The summed E-state index contributed by atoms with van der Waals surface area (Å²) >= 11 is 6.11. The summed E-state index contributed by atoms with van der Waals surface area (Å²) in [7, 11) is 0. The number of imidazole rings is 1. The molecule has 31 heavy (non-hydrogen) atoms. The number of nitrogens with zero attached hydrogens (tertiary/aromatic N) is 2. The molecule has 0 radical (unpaired) electrons. The summed E-state index contributed by atoms with van der Waals surface area (Å²) in [6, 6.07) is 27.0. The highest BCUT2D eigenvalue weighted by molar-refractivity contribution is 6.30. The standard InChI is InChI=1S/C25H21ClN2O3/c1-25(2,23(29)30)31-24-27-21(17-9-5-3-6-10-17)22(18-11-7-4-8-12-18)28(24)20-15-13-19(26)14-16-20/h3-16H,1-2H3,(H,29,30). The molecule has 4 aromatic rings. The van der Waals surface area contributed by atoms with Gasteiger partial charge in [0.15, 0.2) is 0 Å². The van der Waals surface area contributed by atoms with Gasteiger partial charge in [0.1, 0.15) is 5.69 Å². The van der Waals surface area contributed by atoms with Crippen molar-refractivity contribution in [2.24, 2.45) is 0 Å². The van der Waals surface area contributed by atoms with E-state index in [2.05, 4.69) is 0 Å². The van der Waals surface area contributed by atoms with Crippen LogP contribution in [0, 0.1) is 0 Å². The fourth-order valence-electron chi connectivity index (χ4n) is 3.23. The summed E-state index contributed by atoms with van der Waals surface area (Å²) in [6.45, 7) is 3.00.